The minimum Gasteiger partial charge on any atom is -0.368 e. The van der Waals surface area contributed by atoms with E-state index in [1.807, 2.05) is 31.1 Å². The molecule has 11 heavy (non-hydrogen) atoms. The third kappa shape index (κ3) is 1.98. The number of rotatable bonds is 1. The van der Waals surface area contributed by atoms with Crippen molar-refractivity contribution in [2.45, 2.75) is 0 Å². The summed E-state index contributed by atoms with van der Waals surface area (Å²) in [7, 11) is 3.87. The molecule has 0 aliphatic rings. The maximum atomic E-state index is 5.14. The van der Waals surface area contributed by atoms with Gasteiger partial charge in [-0.3, -0.25) is 4.98 Å². The number of nitrogens with zero attached hydrogens (tertiary/aromatic N) is 2. The lowest BCUT2D eigenvalue weighted by atomic mass is 10.2. The fourth-order valence-corrected chi connectivity index (χ4v) is 0.889. The van der Waals surface area contributed by atoms with E-state index in [4.69, 9.17) is 12.2 Å². The summed E-state index contributed by atoms with van der Waals surface area (Å²) in [6, 6.07) is 3.81. The van der Waals surface area contributed by atoms with Crippen molar-refractivity contribution in [3.05, 3.63) is 30.1 Å². The van der Waals surface area contributed by atoms with Crippen molar-refractivity contribution in [1.29, 1.82) is 0 Å². The van der Waals surface area contributed by atoms with Crippen LogP contribution in [0.25, 0.3) is 0 Å². The molecular weight excluding hydrogens is 156 g/mol. The summed E-state index contributed by atoms with van der Waals surface area (Å²) in [5.41, 5.74) is 1.04. The zero-order chi connectivity index (χ0) is 8.27. The summed E-state index contributed by atoms with van der Waals surface area (Å²) in [4.78, 5) is 6.66. The number of hydrogen-bond donors (Lipinski definition) is 0. The molecule has 0 radical (unpaired) electrons. The first-order valence-electron chi connectivity index (χ1n) is 3.33. The van der Waals surface area contributed by atoms with Crippen LogP contribution in [0.15, 0.2) is 24.5 Å². The first kappa shape index (κ1) is 8.14. The second-order valence-electron chi connectivity index (χ2n) is 2.44. The molecule has 0 saturated heterocycles. The van der Waals surface area contributed by atoms with Gasteiger partial charge in [0.05, 0.1) is 0 Å². The SMILES string of the molecule is CN(C)C(=S)c1ccncc1. The first-order chi connectivity index (χ1) is 5.22. The van der Waals surface area contributed by atoms with Crippen LogP contribution < -0.4 is 0 Å². The van der Waals surface area contributed by atoms with Gasteiger partial charge in [-0.15, -0.1) is 0 Å². The molecule has 0 unspecified atom stereocenters. The van der Waals surface area contributed by atoms with Gasteiger partial charge in [0.15, 0.2) is 0 Å². The van der Waals surface area contributed by atoms with E-state index in [0.29, 0.717) is 0 Å². The Balaban J connectivity index is 2.86. The lowest BCUT2D eigenvalue weighted by Crippen LogP contribution is -2.20. The Morgan fingerprint density at radius 2 is 1.91 bits per heavy atom. The van der Waals surface area contributed by atoms with Crippen molar-refractivity contribution in [3.8, 4) is 0 Å². The smallest absolute Gasteiger partial charge is 0.108 e. The summed E-state index contributed by atoms with van der Waals surface area (Å²) >= 11 is 5.14. The maximum absolute atomic E-state index is 5.14. The molecule has 0 aliphatic carbocycles. The largest absolute Gasteiger partial charge is 0.368 e. The van der Waals surface area contributed by atoms with Crippen LogP contribution in [0, 0.1) is 0 Å². The lowest BCUT2D eigenvalue weighted by molar-refractivity contribution is 0.636. The Labute approximate surface area is 71.9 Å². The van der Waals surface area contributed by atoms with E-state index in [1.165, 1.54) is 0 Å². The van der Waals surface area contributed by atoms with Crippen molar-refractivity contribution < 1.29 is 0 Å². The topological polar surface area (TPSA) is 16.1 Å². The van der Waals surface area contributed by atoms with Gasteiger partial charge in [-0.2, -0.15) is 0 Å². The Morgan fingerprint density at radius 1 is 1.36 bits per heavy atom. The van der Waals surface area contributed by atoms with Crippen LogP contribution >= 0.6 is 12.2 Å². The second kappa shape index (κ2) is 3.44. The summed E-state index contributed by atoms with van der Waals surface area (Å²) in [6.45, 7) is 0. The number of pyridine rings is 1. The van der Waals surface area contributed by atoms with Crippen molar-refractivity contribution in [2.24, 2.45) is 0 Å². The Hall–Kier alpha value is -0.960. The van der Waals surface area contributed by atoms with Crippen LogP contribution in [0.4, 0.5) is 0 Å². The van der Waals surface area contributed by atoms with Crippen LogP contribution in [0.3, 0.4) is 0 Å². The van der Waals surface area contributed by atoms with Gasteiger partial charge in [-0.25, -0.2) is 0 Å². The van der Waals surface area contributed by atoms with Gasteiger partial charge in [0, 0.05) is 32.1 Å². The highest BCUT2D eigenvalue weighted by atomic mass is 32.1. The molecule has 1 heterocycles. The lowest BCUT2D eigenvalue weighted by Gasteiger charge is -2.12. The van der Waals surface area contributed by atoms with Gasteiger partial charge in [0.25, 0.3) is 0 Å². The van der Waals surface area contributed by atoms with E-state index < -0.39 is 0 Å². The van der Waals surface area contributed by atoms with E-state index in [2.05, 4.69) is 4.98 Å². The minimum absolute atomic E-state index is 0.840. The molecular formula is C8H10N2S. The maximum Gasteiger partial charge on any atom is 0.108 e. The number of hydrogen-bond acceptors (Lipinski definition) is 2. The quantitative estimate of drug-likeness (QED) is 0.585. The standard InChI is InChI=1S/C8H10N2S/c1-10(2)8(11)7-3-5-9-6-4-7/h3-6H,1-2H3. The molecule has 0 fully saturated rings. The molecule has 1 rings (SSSR count). The van der Waals surface area contributed by atoms with Crippen molar-refractivity contribution >= 4 is 17.2 Å². The Kier molecular flexibility index (Phi) is 2.54. The molecule has 58 valence electrons. The highest BCUT2D eigenvalue weighted by molar-refractivity contribution is 7.80. The van der Waals surface area contributed by atoms with Crippen LogP contribution in [0.5, 0.6) is 0 Å². The number of aromatic nitrogens is 1. The molecule has 3 heteroatoms. The third-order valence-corrected chi connectivity index (χ3v) is 1.93. The van der Waals surface area contributed by atoms with Crippen molar-refractivity contribution in [1.82, 2.24) is 9.88 Å². The normalized spacial score (nSPS) is 9.27. The molecule has 0 N–H and O–H groups in total. The molecule has 1 aromatic rings. The van der Waals surface area contributed by atoms with Crippen LogP contribution in [-0.2, 0) is 0 Å². The van der Waals surface area contributed by atoms with Crippen LogP contribution in [0.1, 0.15) is 5.56 Å². The highest BCUT2D eigenvalue weighted by Gasteiger charge is 2.00. The average Bonchev–Trinajstić information content (AvgIpc) is 2.05. The molecule has 0 aromatic carbocycles. The van der Waals surface area contributed by atoms with E-state index in [0.717, 1.165) is 10.6 Å². The molecule has 0 bridgehead atoms. The molecule has 0 aliphatic heterocycles. The fourth-order valence-electron chi connectivity index (χ4n) is 0.753. The van der Waals surface area contributed by atoms with E-state index >= 15 is 0 Å². The molecule has 0 atom stereocenters. The summed E-state index contributed by atoms with van der Waals surface area (Å²) in [6.07, 6.45) is 3.48. The zero-order valence-corrected chi connectivity index (χ0v) is 7.43. The van der Waals surface area contributed by atoms with E-state index in [9.17, 15) is 0 Å². The van der Waals surface area contributed by atoms with E-state index in [1.54, 1.807) is 12.4 Å². The Bertz CT molecular complexity index is 244. The van der Waals surface area contributed by atoms with Crippen molar-refractivity contribution in [2.75, 3.05) is 14.1 Å². The molecule has 0 spiro atoms. The van der Waals surface area contributed by atoms with Gasteiger partial charge < -0.3 is 4.90 Å². The van der Waals surface area contributed by atoms with Gasteiger partial charge >= 0.3 is 0 Å². The second-order valence-corrected chi connectivity index (χ2v) is 2.82. The Morgan fingerprint density at radius 3 is 2.36 bits per heavy atom. The minimum atomic E-state index is 0.840. The van der Waals surface area contributed by atoms with Gasteiger partial charge in [0.1, 0.15) is 4.99 Å². The highest BCUT2D eigenvalue weighted by Crippen LogP contribution is 2.00. The summed E-state index contributed by atoms with van der Waals surface area (Å²) in [5, 5.41) is 0. The molecule has 0 saturated carbocycles. The van der Waals surface area contributed by atoms with Gasteiger partial charge in [0.2, 0.25) is 0 Å². The van der Waals surface area contributed by atoms with E-state index in [-0.39, 0.29) is 0 Å². The van der Waals surface area contributed by atoms with Gasteiger partial charge in [-0.05, 0) is 12.1 Å². The predicted octanol–water partition coefficient (Wildman–Crippen LogP) is 1.32. The molecule has 2 nitrogen and oxygen atoms in total. The van der Waals surface area contributed by atoms with Crippen LogP contribution in [-0.4, -0.2) is 29.0 Å². The average molecular weight is 166 g/mol. The predicted molar refractivity (Wildman–Crippen MR) is 49.6 cm³/mol. The summed E-state index contributed by atoms with van der Waals surface area (Å²) < 4.78 is 0. The number of thiocarbonyl (C=S) groups is 1. The first-order valence-corrected chi connectivity index (χ1v) is 3.74. The monoisotopic (exact) mass is 166 g/mol. The molecule has 1 aromatic heterocycles. The molecule has 0 amide bonds. The third-order valence-electron chi connectivity index (χ3n) is 1.33. The van der Waals surface area contributed by atoms with Crippen LogP contribution in [0.2, 0.25) is 0 Å². The zero-order valence-electron chi connectivity index (χ0n) is 6.61. The fraction of sp³-hybridized carbons (Fsp3) is 0.250. The van der Waals surface area contributed by atoms with Crippen molar-refractivity contribution in [3.63, 3.8) is 0 Å². The summed E-state index contributed by atoms with van der Waals surface area (Å²) in [5.74, 6) is 0. The van der Waals surface area contributed by atoms with Gasteiger partial charge in [-0.1, -0.05) is 12.2 Å².